The summed E-state index contributed by atoms with van der Waals surface area (Å²) in [6.07, 6.45) is 0. The van der Waals surface area contributed by atoms with E-state index in [1.807, 2.05) is 0 Å². The van der Waals surface area contributed by atoms with Crippen LogP contribution < -0.4 is 0 Å². The van der Waals surface area contributed by atoms with Crippen LogP contribution in [-0.2, 0) is 6.54 Å². The highest BCUT2D eigenvalue weighted by atomic mass is 19.2. The quantitative estimate of drug-likeness (QED) is 0.598. The van der Waals surface area contributed by atoms with Crippen molar-refractivity contribution in [2.24, 2.45) is 0 Å². The maximum atomic E-state index is 13.6. The van der Waals surface area contributed by atoms with Crippen LogP contribution in [0.15, 0.2) is 30.3 Å². The number of aromatic nitrogens is 1. The standard InChI is InChI=1S/C14H7F3N2O2/c15-10-5-9(11(16)12(17)18-10)14(21)19-6-7-3-1-2-4-8(7)13(19)20/h1-5H,6H2. The van der Waals surface area contributed by atoms with E-state index in [-0.39, 0.29) is 6.54 Å². The molecule has 0 fully saturated rings. The third-order valence-electron chi connectivity index (χ3n) is 3.18. The van der Waals surface area contributed by atoms with Crippen molar-refractivity contribution in [1.82, 2.24) is 9.88 Å². The minimum atomic E-state index is -1.72. The van der Waals surface area contributed by atoms with E-state index in [1.165, 1.54) is 6.07 Å². The smallest absolute Gasteiger partial charge is 0.264 e. The lowest BCUT2D eigenvalue weighted by Crippen LogP contribution is -2.32. The zero-order chi connectivity index (χ0) is 15.1. The van der Waals surface area contributed by atoms with Gasteiger partial charge in [0, 0.05) is 11.6 Å². The number of imide groups is 1. The molecule has 0 unspecified atom stereocenters. The van der Waals surface area contributed by atoms with E-state index in [4.69, 9.17) is 0 Å². The number of amides is 2. The highest BCUT2D eigenvalue weighted by Crippen LogP contribution is 2.25. The molecule has 0 saturated carbocycles. The molecule has 1 aromatic carbocycles. The van der Waals surface area contributed by atoms with Gasteiger partial charge in [-0.15, -0.1) is 0 Å². The maximum absolute atomic E-state index is 13.6. The SMILES string of the molecule is O=C1c2ccccc2CN1C(=O)c1cc(F)nc(F)c1F. The Balaban J connectivity index is 2.00. The molecule has 4 nitrogen and oxygen atoms in total. The van der Waals surface area contributed by atoms with Gasteiger partial charge in [0.1, 0.15) is 0 Å². The Morgan fingerprint density at radius 1 is 1.19 bits per heavy atom. The summed E-state index contributed by atoms with van der Waals surface area (Å²) in [6.45, 7) is -0.0706. The van der Waals surface area contributed by atoms with Crippen molar-refractivity contribution in [3.05, 3.63) is 64.7 Å². The van der Waals surface area contributed by atoms with Gasteiger partial charge in [0.15, 0.2) is 5.82 Å². The second-order valence-corrected chi connectivity index (χ2v) is 4.45. The molecule has 0 radical (unpaired) electrons. The summed E-state index contributed by atoms with van der Waals surface area (Å²) in [5, 5.41) is 0. The molecular weight excluding hydrogens is 285 g/mol. The molecule has 2 aromatic rings. The van der Waals surface area contributed by atoms with Crippen LogP contribution >= 0.6 is 0 Å². The van der Waals surface area contributed by atoms with Gasteiger partial charge in [-0.3, -0.25) is 14.5 Å². The van der Waals surface area contributed by atoms with Crippen molar-refractivity contribution < 1.29 is 22.8 Å². The van der Waals surface area contributed by atoms with Gasteiger partial charge in [-0.05, 0) is 11.6 Å². The second-order valence-electron chi connectivity index (χ2n) is 4.45. The molecule has 0 atom stereocenters. The Kier molecular flexibility index (Phi) is 2.97. The fourth-order valence-electron chi connectivity index (χ4n) is 2.19. The molecule has 106 valence electrons. The molecule has 1 aliphatic rings. The number of rotatable bonds is 1. The minimum Gasteiger partial charge on any atom is -0.270 e. The monoisotopic (exact) mass is 292 g/mol. The number of halogens is 3. The fraction of sp³-hybridized carbons (Fsp3) is 0.0714. The van der Waals surface area contributed by atoms with Crippen molar-refractivity contribution in [2.75, 3.05) is 0 Å². The van der Waals surface area contributed by atoms with Crippen LogP contribution in [0.1, 0.15) is 26.3 Å². The molecule has 1 aromatic heterocycles. The summed E-state index contributed by atoms with van der Waals surface area (Å²) in [5.41, 5.74) is 0.0358. The van der Waals surface area contributed by atoms with Crippen LogP contribution in [0.3, 0.4) is 0 Å². The lowest BCUT2D eigenvalue weighted by atomic mass is 10.1. The molecule has 0 N–H and O–H groups in total. The summed E-state index contributed by atoms with van der Waals surface area (Å²) in [6, 6.07) is 6.94. The molecule has 1 aliphatic heterocycles. The van der Waals surface area contributed by atoms with Crippen molar-refractivity contribution in [3.8, 4) is 0 Å². The van der Waals surface area contributed by atoms with Gasteiger partial charge in [0.05, 0.1) is 12.1 Å². The first-order valence-electron chi connectivity index (χ1n) is 5.94. The first-order chi connectivity index (χ1) is 9.99. The average Bonchev–Trinajstić information content (AvgIpc) is 2.80. The van der Waals surface area contributed by atoms with Crippen LogP contribution in [0.5, 0.6) is 0 Å². The third kappa shape index (κ3) is 2.06. The van der Waals surface area contributed by atoms with E-state index >= 15 is 0 Å². The lowest BCUT2D eigenvalue weighted by Gasteiger charge is -2.14. The van der Waals surface area contributed by atoms with E-state index in [0.29, 0.717) is 17.2 Å². The van der Waals surface area contributed by atoms with Gasteiger partial charge in [-0.25, -0.2) is 4.39 Å². The van der Waals surface area contributed by atoms with Gasteiger partial charge >= 0.3 is 0 Å². The zero-order valence-electron chi connectivity index (χ0n) is 10.4. The van der Waals surface area contributed by atoms with Crippen LogP contribution in [0, 0.1) is 17.7 Å². The van der Waals surface area contributed by atoms with Gasteiger partial charge in [-0.1, -0.05) is 18.2 Å². The normalized spacial score (nSPS) is 13.5. The summed E-state index contributed by atoms with van der Waals surface area (Å²) in [7, 11) is 0. The molecule has 3 rings (SSSR count). The number of benzene rings is 1. The van der Waals surface area contributed by atoms with Crippen molar-refractivity contribution >= 4 is 11.8 Å². The summed E-state index contributed by atoms with van der Waals surface area (Å²) < 4.78 is 39.7. The highest BCUT2D eigenvalue weighted by molar-refractivity contribution is 6.12. The Hall–Kier alpha value is -2.70. The molecule has 0 saturated heterocycles. The third-order valence-corrected chi connectivity index (χ3v) is 3.18. The molecule has 0 aliphatic carbocycles. The molecule has 2 heterocycles. The van der Waals surface area contributed by atoms with Gasteiger partial charge in [0.2, 0.25) is 5.95 Å². The van der Waals surface area contributed by atoms with Crippen LogP contribution in [0.4, 0.5) is 13.2 Å². The van der Waals surface area contributed by atoms with Crippen LogP contribution in [0.2, 0.25) is 0 Å². The summed E-state index contributed by atoms with van der Waals surface area (Å²) in [5.74, 6) is -6.37. The van der Waals surface area contributed by atoms with Crippen LogP contribution in [-0.4, -0.2) is 21.7 Å². The lowest BCUT2D eigenvalue weighted by molar-refractivity contribution is 0.0626. The van der Waals surface area contributed by atoms with Gasteiger partial charge < -0.3 is 0 Å². The number of hydrogen-bond donors (Lipinski definition) is 0. The first kappa shape index (κ1) is 13.3. The molecular formula is C14H7F3N2O2. The van der Waals surface area contributed by atoms with Gasteiger partial charge in [-0.2, -0.15) is 13.8 Å². The van der Waals surface area contributed by atoms with Crippen LogP contribution in [0.25, 0.3) is 0 Å². The molecule has 21 heavy (non-hydrogen) atoms. The molecule has 7 heteroatoms. The zero-order valence-corrected chi connectivity index (χ0v) is 10.4. The van der Waals surface area contributed by atoms with Crippen molar-refractivity contribution in [1.29, 1.82) is 0 Å². The molecule has 2 amide bonds. The first-order valence-corrected chi connectivity index (χ1v) is 5.94. The van der Waals surface area contributed by atoms with Crippen molar-refractivity contribution in [2.45, 2.75) is 6.54 Å². The minimum absolute atomic E-state index is 0.0706. The Bertz CT molecular complexity index is 777. The molecule has 0 spiro atoms. The topological polar surface area (TPSA) is 50.3 Å². The van der Waals surface area contributed by atoms with Gasteiger partial charge in [0.25, 0.3) is 17.8 Å². The number of carbonyl (C=O) groups is 2. The maximum Gasteiger partial charge on any atom is 0.264 e. The Morgan fingerprint density at radius 2 is 1.90 bits per heavy atom. The summed E-state index contributed by atoms with van der Waals surface area (Å²) in [4.78, 5) is 27.6. The van der Waals surface area contributed by atoms with E-state index in [9.17, 15) is 22.8 Å². The van der Waals surface area contributed by atoms with E-state index in [0.717, 1.165) is 4.90 Å². The Morgan fingerprint density at radius 3 is 2.62 bits per heavy atom. The predicted molar refractivity (Wildman–Crippen MR) is 64.8 cm³/mol. The number of pyridine rings is 1. The predicted octanol–water partition coefficient (Wildman–Crippen LogP) is 2.30. The van der Waals surface area contributed by atoms with Crippen molar-refractivity contribution in [3.63, 3.8) is 0 Å². The Labute approximate surface area is 116 Å². The highest BCUT2D eigenvalue weighted by Gasteiger charge is 2.34. The number of hydrogen-bond acceptors (Lipinski definition) is 3. The van der Waals surface area contributed by atoms with E-state index in [2.05, 4.69) is 4.98 Å². The van der Waals surface area contributed by atoms with E-state index < -0.39 is 35.1 Å². The number of fused-ring (bicyclic) bond motifs is 1. The summed E-state index contributed by atoms with van der Waals surface area (Å²) >= 11 is 0. The largest absolute Gasteiger partial charge is 0.270 e. The molecule has 0 bridgehead atoms. The second kappa shape index (κ2) is 4.69. The van der Waals surface area contributed by atoms with E-state index in [1.54, 1.807) is 18.2 Å². The number of carbonyl (C=O) groups excluding carboxylic acids is 2. The average molecular weight is 292 g/mol. The number of nitrogens with zero attached hydrogens (tertiary/aromatic N) is 2. The fourth-order valence-corrected chi connectivity index (χ4v) is 2.19.